The predicted molar refractivity (Wildman–Crippen MR) is 137 cm³/mol. The summed E-state index contributed by atoms with van der Waals surface area (Å²) in [6.45, 7) is 3.19. The molecule has 0 N–H and O–H groups in total. The molecule has 4 heterocycles. The average Bonchev–Trinajstić information content (AvgIpc) is 3.65. The van der Waals surface area contributed by atoms with E-state index in [1.807, 2.05) is 53.6 Å². The highest BCUT2D eigenvalue weighted by atomic mass is 32.1. The molecule has 3 aromatic heterocycles. The lowest BCUT2D eigenvalue weighted by Crippen LogP contribution is -2.47. The van der Waals surface area contributed by atoms with Gasteiger partial charge in [0.05, 0.1) is 23.7 Å². The number of rotatable bonds is 8. The molecule has 0 saturated heterocycles. The van der Waals surface area contributed by atoms with Crippen molar-refractivity contribution >= 4 is 34.5 Å². The number of benzene rings is 1. The molecule has 8 heteroatoms. The highest BCUT2D eigenvalue weighted by Crippen LogP contribution is 2.34. The summed E-state index contributed by atoms with van der Waals surface area (Å²) >= 11 is 3.09. The maximum absolute atomic E-state index is 13.7. The Hall–Kier alpha value is -3.36. The first-order chi connectivity index (χ1) is 17.1. The van der Waals surface area contributed by atoms with Gasteiger partial charge in [0.2, 0.25) is 5.91 Å². The van der Waals surface area contributed by atoms with Crippen LogP contribution in [-0.4, -0.2) is 41.3 Å². The zero-order valence-corrected chi connectivity index (χ0v) is 21.0. The van der Waals surface area contributed by atoms with Crippen molar-refractivity contribution in [3.63, 3.8) is 0 Å². The van der Waals surface area contributed by atoms with E-state index in [0.717, 1.165) is 17.7 Å². The summed E-state index contributed by atoms with van der Waals surface area (Å²) in [4.78, 5) is 32.2. The maximum Gasteiger partial charge on any atom is 0.264 e. The number of nitrogens with zero attached hydrogens (tertiary/aromatic N) is 2. The largest absolute Gasteiger partial charge is 0.491 e. The number of carbonyl (C=O) groups is 2. The number of thiophene rings is 2. The fourth-order valence-electron chi connectivity index (χ4n) is 4.28. The van der Waals surface area contributed by atoms with Crippen molar-refractivity contribution in [1.29, 1.82) is 0 Å². The molecule has 1 aromatic carbocycles. The van der Waals surface area contributed by atoms with Gasteiger partial charge in [0.25, 0.3) is 5.91 Å². The van der Waals surface area contributed by atoms with Gasteiger partial charge in [-0.1, -0.05) is 23.8 Å². The number of fused-ring (bicyclic) bond motifs is 1. The molecule has 1 atom stereocenters. The number of aryl methyl sites for hydroxylation is 1. The molecular weight excluding hydrogens is 480 g/mol. The van der Waals surface area contributed by atoms with Gasteiger partial charge in [0, 0.05) is 11.4 Å². The number of furan rings is 1. The smallest absolute Gasteiger partial charge is 0.264 e. The minimum atomic E-state index is -0.207. The molecule has 6 nitrogen and oxygen atoms in total. The van der Waals surface area contributed by atoms with E-state index in [1.165, 1.54) is 21.8 Å². The van der Waals surface area contributed by atoms with E-state index in [0.29, 0.717) is 23.8 Å². The summed E-state index contributed by atoms with van der Waals surface area (Å²) < 4.78 is 11.6. The van der Waals surface area contributed by atoms with E-state index < -0.39 is 0 Å². The van der Waals surface area contributed by atoms with Crippen LogP contribution < -0.4 is 4.74 Å². The highest BCUT2D eigenvalue weighted by molar-refractivity contribution is 7.12. The van der Waals surface area contributed by atoms with Crippen molar-refractivity contribution in [3.8, 4) is 5.75 Å². The zero-order valence-electron chi connectivity index (χ0n) is 19.4. The first-order valence-electron chi connectivity index (χ1n) is 11.5. The Morgan fingerprint density at radius 3 is 2.69 bits per heavy atom. The molecule has 4 aromatic rings. The fourth-order valence-corrected chi connectivity index (χ4v) is 5.90. The summed E-state index contributed by atoms with van der Waals surface area (Å²) in [5, 5.41) is 3.93. The van der Waals surface area contributed by atoms with Crippen molar-refractivity contribution in [3.05, 3.63) is 98.3 Å². The van der Waals surface area contributed by atoms with Crippen LogP contribution in [0.3, 0.4) is 0 Å². The second-order valence-corrected chi connectivity index (χ2v) is 10.4. The second kappa shape index (κ2) is 10.5. The quantitative estimate of drug-likeness (QED) is 0.314. The topological polar surface area (TPSA) is 63.0 Å². The Morgan fingerprint density at radius 1 is 1.09 bits per heavy atom. The molecule has 0 fully saturated rings. The molecule has 1 unspecified atom stereocenters. The van der Waals surface area contributed by atoms with Crippen LogP contribution in [0.4, 0.5) is 0 Å². The van der Waals surface area contributed by atoms with Gasteiger partial charge in [-0.3, -0.25) is 9.59 Å². The summed E-state index contributed by atoms with van der Waals surface area (Å²) in [5.41, 5.74) is 2.29. The number of hydrogen-bond acceptors (Lipinski definition) is 6. The van der Waals surface area contributed by atoms with Crippen LogP contribution in [0.25, 0.3) is 0 Å². The molecule has 0 spiro atoms. The summed E-state index contributed by atoms with van der Waals surface area (Å²) in [6, 6.07) is 17.0. The molecule has 2 amide bonds. The van der Waals surface area contributed by atoms with Gasteiger partial charge in [-0.25, -0.2) is 0 Å². The number of ether oxygens (including phenoxy) is 1. The third-order valence-corrected chi connectivity index (χ3v) is 7.97. The minimum Gasteiger partial charge on any atom is -0.491 e. The third kappa shape index (κ3) is 5.33. The lowest BCUT2D eigenvalue weighted by Gasteiger charge is -2.37. The predicted octanol–water partition coefficient (Wildman–Crippen LogP) is 5.56. The minimum absolute atomic E-state index is 0.0298. The van der Waals surface area contributed by atoms with Gasteiger partial charge in [0.15, 0.2) is 0 Å². The zero-order chi connectivity index (χ0) is 24.2. The van der Waals surface area contributed by atoms with Crippen molar-refractivity contribution in [2.24, 2.45) is 0 Å². The van der Waals surface area contributed by atoms with Crippen molar-refractivity contribution in [2.45, 2.75) is 25.9 Å². The van der Waals surface area contributed by atoms with E-state index in [-0.39, 0.29) is 30.9 Å². The van der Waals surface area contributed by atoms with Gasteiger partial charge in [-0.05, 0) is 66.1 Å². The number of carbonyl (C=O) groups excluding carboxylic acids is 2. The van der Waals surface area contributed by atoms with Crippen molar-refractivity contribution in [1.82, 2.24) is 9.80 Å². The van der Waals surface area contributed by atoms with Crippen LogP contribution in [0.15, 0.2) is 76.0 Å². The Labute approximate surface area is 212 Å². The molecule has 0 aliphatic carbocycles. The Kier molecular flexibility index (Phi) is 7.01. The first kappa shape index (κ1) is 23.4. The van der Waals surface area contributed by atoms with Crippen LogP contribution in [0.2, 0.25) is 0 Å². The molecule has 1 aliphatic rings. The van der Waals surface area contributed by atoms with E-state index in [4.69, 9.17) is 9.15 Å². The Morgan fingerprint density at radius 2 is 1.94 bits per heavy atom. The fraction of sp³-hybridized carbons (Fsp3) is 0.259. The van der Waals surface area contributed by atoms with E-state index in [1.54, 1.807) is 34.6 Å². The molecule has 180 valence electrons. The van der Waals surface area contributed by atoms with Gasteiger partial charge in [-0.2, -0.15) is 0 Å². The molecular formula is C27H26N2O4S2. The van der Waals surface area contributed by atoms with Crippen molar-refractivity contribution < 1.29 is 18.7 Å². The molecule has 0 saturated carbocycles. The van der Waals surface area contributed by atoms with Crippen LogP contribution in [0.5, 0.6) is 5.75 Å². The summed E-state index contributed by atoms with van der Waals surface area (Å²) in [5.74, 6) is 1.14. The van der Waals surface area contributed by atoms with Crippen LogP contribution in [0.1, 0.15) is 37.5 Å². The highest BCUT2D eigenvalue weighted by Gasteiger charge is 2.34. The second-order valence-electron chi connectivity index (χ2n) is 8.49. The summed E-state index contributed by atoms with van der Waals surface area (Å²) in [6.07, 6.45) is 2.38. The Balaban J connectivity index is 1.35. The van der Waals surface area contributed by atoms with E-state index in [9.17, 15) is 9.59 Å². The number of hydrogen-bond donors (Lipinski definition) is 0. The molecule has 0 radical (unpaired) electrons. The standard InChI is InChI=1S/C27H26N2O4S2/c1-19-6-8-20(9-7-19)33-18-23-22-11-15-35-24(22)10-12-29(23)26(30)17-28(16-21-4-2-13-32-21)27(31)25-5-3-14-34-25/h2-9,11,13-15,23H,10,12,16-18H2,1H3. The number of amides is 2. The first-order valence-corrected chi connectivity index (χ1v) is 13.2. The van der Waals surface area contributed by atoms with E-state index in [2.05, 4.69) is 11.4 Å². The molecule has 5 rings (SSSR count). The molecule has 35 heavy (non-hydrogen) atoms. The van der Waals surface area contributed by atoms with Crippen LogP contribution in [0, 0.1) is 6.92 Å². The van der Waals surface area contributed by atoms with Crippen LogP contribution >= 0.6 is 22.7 Å². The monoisotopic (exact) mass is 506 g/mol. The SMILES string of the molecule is Cc1ccc(OCC2c3ccsc3CCN2C(=O)CN(Cc2ccco2)C(=O)c2cccs2)cc1. The normalized spacial score (nSPS) is 15.0. The third-order valence-electron chi connectivity index (χ3n) is 6.12. The van der Waals surface area contributed by atoms with Crippen molar-refractivity contribution in [2.75, 3.05) is 19.7 Å². The van der Waals surface area contributed by atoms with Crippen LogP contribution in [-0.2, 0) is 17.8 Å². The average molecular weight is 507 g/mol. The Bertz CT molecular complexity index is 1260. The van der Waals surface area contributed by atoms with E-state index >= 15 is 0 Å². The molecule has 0 bridgehead atoms. The summed E-state index contributed by atoms with van der Waals surface area (Å²) in [7, 11) is 0. The maximum atomic E-state index is 13.7. The lowest BCUT2D eigenvalue weighted by molar-refractivity contribution is -0.135. The van der Waals surface area contributed by atoms with Gasteiger partial charge in [0.1, 0.15) is 24.7 Å². The van der Waals surface area contributed by atoms with Gasteiger partial charge >= 0.3 is 0 Å². The molecule has 1 aliphatic heterocycles. The van der Waals surface area contributed by atoms with Gasteiger partial charge in [-0.15, -0.1) is 22.7 Å². The van der Waals surface area contributed by atoms with Gasteiger partial charge < -0.3 is 19.0 Å². The lowest BCUT2D eigenvalue weighted by atomic mass is 10.0.